The van der Waals surface area contributed by atoms with Crippen LogP contribution in [-0.2, 0) is 16.3 Å². The lowest BCUT2D eigenvalue weighted by atomic mass is 10.0. The van der Waals surface area contributed by atoms with Crippen molar-refractivity contribution in [2.45, 2.75) is 123 Å². The SMILES string of the molecule is CCCCCCCCCCCCCCCc1cccc(OC(CC)CCS(C)(=O)=O)c1. The predicted octanol–water partition coefficient (Wildman–Crippen LogP) is 7.91. The van der Waals surface area contributed by atoms with Crippen LogP contribution in [0.5, 0.6) is 5.75 Å². The summed E-state index contributed by atoms with van der Waals surface area (Å²) < 4.78 is 28.9. The molecule has 0 amide bonds. The number of ether oxygens (including phenoxy) is 1. The maximum absolute atomic E-state index is 11.4. The van der Waals surface area contributed by atoms with Crippen LogP contribution in [0.2, 0.25) is 0 Å². The van der Waals surface area contributed by atoms with Crippen LogP contribution in [0.25, 0.3) is 0 Å². The maximum atomic E-state index is 11.4. The molecular weight excluding hydrogens is 404 g/mol. The third-order valence-corrected chi connectivity index (χ3v) is 7.01. The quantitative estimate of drug-likeness (QED) is 0.189. The Kier molecular flexibility index (Phi) is 15.8. The summed E-state index contributed by atoms with van der Waals surface area (Å²) in [5.41, 5.74) is 1.32. The third kappa shape index (κ3) is 16.3. The molecule has 0 bridgehead atoms. The second-order valence-corrected chi connectivity index (χ2v) is 11.5. The Bertz CT molecular complexity index is 654. The standard InChI is InChI=1S/C27H48O3S/c1-4-6-7-8-9-10-11-12-13-14-15-16-17-19-25-20-18-21-27(24-25)30-26(5-2)22-23-31(3,28)29/h18,20-21,24,26H,4-17,19,22-23H2,1-3H3. The van der Waals surface area contributed by atoms with Crippen LogP contribution in [0.1, 0.15) is 116 Å². The molecule has 31 heavy (non-hydrogen) atoms. The van der Waals surface area contributed by atoms with Crippen molar-refractivity contribution >= 4 is 9.84 Å². The number of hydrogen-bond donors (Lipinski definition) is 0. The molecule has 1 aromatic rings. The van der Waals surface area contributed by atoms with Gasteiger partial charge in [-0.1, -0.05) is 103 Å². The van der Waals surface area contributed by atoms with Gasteiger partial charge in [0, 0.05) is 6.26 Å². The van der Waals surface area contributed by atoms with Crippen molar-refractivity contribution in [3.05, 3.63) is 29.8 Å². The summed E-state index contributed by atoms with van der Waals surface area (Å²) in [4.78, 5) is 0. The number of rotatable bonds is 20. The molecule has 0 aliphatic heterocycles. The second kappa shape index (κ2) is 17.5. The lowest BCUT2D eigenvalue weighted by Gasteiger charge is -2.17. The van der Waals surface area contributed by atoms with Gasteiger partial charge < -0.3 is 4.74 Å². The van der Waals surface area contributed by atoms with Crippen LogP contribution in [0, 0.1) is 0 Å². The van der Waals surface area contributed by atoms with Crippen LogP contribution in [0.4, 0.5) is 0 Å². The van der Waals surface area contributed by atoms with Crippen molar-refractivity contribution < 1.29 is 13.2 Å². The smallest absolute Gasteiger partial charge is 0.147 e. The van der Waals surface area contributed by atoms with Gasteiger partial charge in [-0.2, -0.15) is 0 Å². The van der Waals surface area contributed by atoms with E-state index >= 15 is 0 Å². The zero-order valence-corrected chi connectivity index (χ0v) is 21.4. The fourth-order valence-corrected chi connectivity index (χ4v) is 4.70. The van der Waals surface area contributed by atoms with Crippen molar-refractivity contribution in [2.75, 3.05) is 12.0 Å². The number of aryl methyl sites for hydroxylation is 1. The zero-order chi connectivity index (χ0) is 22.8. The fourth-order valence-electron chi connectivity index (χ4n) is 4.01. The Balaban J connectivity index is 2.12. The van der Waals surface area contributed by atoms with E-state index in [1.54, 1.807) is 0 Å². The minimum atomic E-state index is -2.94. The molecule has 180 valence electrons. The monoisotopic (exact) mass is 452 g/mol. The Morgan fingerprint density at radius 2 is 1.35 bits per heavy atom. The highest BCUT2D eigenvalue weighted by atomic mass is 32.2. The first kappa shape index (κ1) is 28.0. The van der Waals surface area contributed by atoms with Crippen LogP contribution >= 0.6 is 0 Å². The van der Waals surface area contributed by atoms with Gasteiger partial charge in [0.25, 0.3) is 0 Å². The first-order valence-electron chi connectivity index (χ1n) is 12.9. The Labute approximate surface area is 193 Å². The molecule has 0 saturated carbocycles. The van der Waals surface area contributed by atoms with E-state index in [0.717, 1.165) is 18.6 Å². The van der Waals surface area contributed by atoms with Crippen LogP contribution in [0.15, 0.2) is 24.3 Å². The van der Waals surface area contributed by atoms with E-state index in [4.69, 9.17) is 4.74 Å². The summed E-state index contributed by atoms with van der Waals surface area (Å²) in [5.74, 6) is 1.05. The van der Waals surface area contributed by atoms with Gasteiger partial charge in [0.1, 0.15) is 15.6 Å². The third-order valence-electron chi connectivity index (χ3n) is 6.04. The molecule has 0 spiro atoms. The molecular formula is C27H48O3S. The zero-order valence-electron chi connectivity index (χ0n) is 20.5. The van der Waals surface area contributed by atoms with Gasteiger partial charge in [-0.15, -0.1) is 0 Å². The summed E-state index contributed by atoms with van der Waals surface area (Å²) in [6.07, 6.45) is 21.6. The minimum Gasteiger partial charge on any atom is -0.490 e. The van der Waals surface area contributed by atoms with Crippen molar-refractivity contribution in [2.24, 2.45) is 0 Å². The average molecular weight is 453 g/mol. The highest BCUT2D eigenvalue weighted by Crippen LogP contribution is 2.20. The van der Waals surface area contributed by atoms with Gasteiger partial charge in [0.05, 0.1) is 11.9 Å². The molecule has 3 nitrogen and oxygen atoms in total. The van der Waals surface area contributed by atoms with E-state index in [0.29, 0.717) is 6.42 Å². The highest BCUT2D eigenvalue weighted by molar-refractivity contribution is 7.90. The fraction of sp³-hybridized carbons (Fsp3) is 0.778. The number of sulfone groups is 1. The Hall–Kier alpha value is -1.03. The van der Waals surface area contributed by atoms with Crippen LogP contribution in [0.3, 0.4) is 0 Å². The summed E-state index contributed by atoms with van der Waals surface area (Å²) in [6.45, 7) is 4.32. The summed E-state index contributed by atoms with van der Waals surface area (Å²) in [5, 5.41) is 0. The molecule has 0 heterocycles. The number of benzene rings is 1. The lowest BCUT2D eigenvalue weighted by Crippen LogP contribution is -2.19. The topological polar surface area (TPSA) is 43.4 Å². The molecule has 0 aromatic heterocycles. The van der Waals surface area contributed by atoms with Crippen LogP contribution in [-0.4, -0.2) is 26.5 Å². The Morgan fingerprint density at radius 3 is 1.87 bits per heavy atom. The van der Waals surface area contributed by atoms with E-state index in [2.05, 4.69) is 25.1 Å². The van der Waals surface area contributed by atoms with Crippen molar-refractivity contribution in [3.8, 4) is 5.75 Å². The molecule has 0 saturated heterocycles. The molecule has 0 N–H and O–H groups in total. The first-order chi connectivity index (χ1) is 14.9. The van der Waals surface area contributed by atoms with Crippen molar-refractivity contribution in [1.82, 2.24) is 0 Å². The van der Waals surface area contributed by atoms with E-state index in [1.807, 2.05) is 13.0 Å². The molecule has 1 atom stereocenters. The molecule has 1 unspecified atom stereocenters. The highest BCUT2D eigenvalue weighted by Gasteiger charge is 2.12. The number of unbranched alkanes of at least 4 members (excludes halogenated alkanes) is 12. The van der Waals surface area contributed by atoms with Gasteiger partial charge in [0.2, 0.25) is 0 Å². The molecule has 4 heteroatoms. The van der Waals surface area contributed by atoms with E-state index in [1.165, 1.54) is 95.3 Å². The molecule has 0 aliphatic rings. The Morgan fingerprint density at radius 1 is 0.806 bits per heavy atom. The molecule has 1 rings (SSSR count). The summed E-state index contributed by atoms with van der Waals surface area (Å²) in [7, 11) is -2.94. The largest absolute Gasteiger partial charge is 0.490 e. The van der Waals surface area contributed by atoms with E-state index < -0.39 is 9.84 Å². The van der Waals surface area contributed by atoms with Crippen molar-refractivity contribution in [1.29, 1.82) is 0 Å². The number of hydrogen-bond acceptors (Lipinski definition) is 3. The average Bonchev–Trinajstić information content (AvgIpc) is 2.74. The van der Waals surface area contributed by atoms with E-state index in [9.17, 15) is 8.42 Å². The van der Waals surface area contributed by atoms with Gasteiger partial charge in [-0.05, 0) is 43.4 Å². The second-order valence-electron chi connectivity index (χ2n) is 9.21. The molecule has 0 fully saturated rings. The molecule has 0 radical (unpaired) electrons. The summed E-state index contributed by atoms with van der Waals surface area (Å²) >= 11 is 0. The van der Waals surface area contributed by atoms with Crippen molar-refractivity contribution in [3.63, 3.8) is 0 Å². The lowest BCUT2D eigenvalue weighted by molar-refractivity contribution is 0.193. The maximum Gasteiger partial charge on any atom is 0.147 e. The van der Waals surface area contributed by atoms with Gasteiger partial charge in [-0.3, -0.25) is 0 Å². The first-order valence-corrected chi connectivity index (χ1v) is 14.9. The van der Waals surface area contributed by atoms with Gasteiger partial charge in [0.15, 0.2) is 0 Å². The van der Waals surface area contributed by atoms with Gasteiger partial charge in [-0.25, -0.2) is 8.42 Å². The molecule has 1 aromatic carbocycles. The normalized spacial score (nSPS) is 12.7. The predicted molar refractivity (Wildman–Crippen MR) is 135 cm³/mol. The minimum absolute atomic E-state index is 0.0404. The molecule has 0 aliphatic carbocycles. The summed E-state index contributed by atoms with van der Waals surface area (Å²) in [6, 6.07) is 8.33. The van der Waals surface area contributed by atoms with E-state index in [-0.39, 0.29) is 11.9 Å². The van der Waals surface area contributed by atoms with Gasteiger partial charge >= 0.3 is 0 Å². The van der Waals surface area contributed by atoms with Crippen LogP contribution < -0.4 is 4.74 Å².